The second kappa shape index (κ2) is 5.06. The van der Waals surface area contributed by atoms with Gasteiger partial charge in [0.15, 0.2) is 0 Å². The minimum absolute atomic E-state index is 0.320. The van der Waals surface area contributed by atoms with E-state index in [1.165, 1.54) is 7.11 Å². The van der Waals surface area contributed by atoms with Crippen molar-refractivity contribution in [3.63, 3.8) is 0 Å². The van der Waals surface area contributed by atoms with Crippen LogP contribution in [0.5, 0.6) is 0 Å². The van der Waals surface area contributed by atoms with Gasteiger partial charge in [-0.3, -0.25) is 0 Å². The highest BCUT2D eigenvalue weighted by molar-refractivity contribution is 7.09. The van der Waals surface area contributed by atoms with E-state index >= 15 is 0 Å². The molecule has 1 heterocycles. The van der Waals surface area contributed by atoms with Crippen LogP contribution in [-0.4, -0.2) is 18.1 Å². The van der Waals surface area contributed by atoms with Crippen LogP contribution in [-0.2, 0) is 4.74 Å². The number of esters is 1. The number of aromatic nitrogens is 1. The zero-order valence-corrected chi connectivity index (χ0v) is 12.0. The van der Waals surface area contributed by atoms with Crippen molar-refractivity contribution in [3.8, 4) is 22.4 Å². The van der Waals surface area contributed by atoms with Crippen LogP contribution in [0.1, 0.15) is 15.4 Å². The molecule has 3 nitrogen and oxygen atoms in total. The van der Waals surface area contributed by atoms with Gasteiger partial charge in [0.05, 0.1) is 23.4 Å². The van der Waals surface area contributed by atoms with Gasteiger partial charge < -0.3 is 4.74 Å². The monoisotopic (exact) mass is 283 g/mol. The first kappa shape index (κ1) is 12.8. The average molecular weight is 283 g/mol. The largest absolute Gasteiger partial charge is 0.465 e. The lowest BCUT2D eigenvalue weighted by Crippen LogP contribution is -1.99. The second-order valence-electron chi connectivity index (χ2n) is 4.45. The quantitative estimate of drug-likeness (QED) is 0.667. The normalized spacial score (nSPS) is 10.7. The van der Waals surface area contributed by atoms with Gasteiger partial charge in [-0.15, -0.1) is 11.3 Å². The van der Waals surface area contributed by atoms with Gasteiger partial charge in [0.1, 0.15) is 0 Å². The van der Waals surface area contributed by atoms with E-state index in [0.717, 1.165) is 27.4 Å². The molecule has 0 spiro atoms. The first-order valence-corrected chi connectivity index (χ1v) is 7.11. The highest BCUT2D eigenvalue weighted by Gasteiger charge is 2.22. The van der Waals surface area contributed by atoms with Gasteiger partial charge in [0.2, 0.25) is 0 Å². The number of rotatable bonds is 2. The van der Waals surface area contributed by atoms with Crippen molar-refractivity contribution in [3.05, 3.63) is 52.3 Å². The Hall–Kier alpha value is -2.20. The van der Waals surface area contributed by atoms with E-state index in [2.05, 4.69) is 4.98 Å². The molecule has 20 heavy (non-hydrogen) atoms. The van der Waals surface area contributed by atoms with Gasteiger partial charge in [0, 0.05) is 10.9 Å². The Kier molecular flexibility index (Phi) is 3.24. The predicted octanol–water partition coefficient (Wildman–Crippen LogP) is 4.01. The third-order valence-corrected chi connectivity index (χ3v) is 3.98. The van der Waals surface area contributed by atoms with E-state index in [9.17, 15) is 4.79 Å². The van der Waals surface area contributed by atoms with E-state index in [0.29, 0.717) is 5.56 Å². The molecule has 0 saturated heterocycles. The lowest BCUT2D eigenvalue weighted by molar-refractivity contribution is 0.0602. The fraction of sp³-hybridized carbons (Fsp3) is 0.125. The number of carbonyl (C=O) groups excluding carboxylic acids is 1. The third-order valence-electron chi connectivity index (χ3n) is 3.21. The number of thiazole rings is 1. The molecule has 4 heteroatoms. The first-order chi connectivity index (χ1) is 9.70. The molecule has 3 rings (SSSR count). The van der Waals surface area contributed by atoms with Crippen LogP contribution < -0.4 is 0 Å². The molecule has 0 N–H and O–H groups in total. The zero-order chi connectivity index (χ0) is 14.1. The van der Waals surface area contributed by atoms with Crippen LogP contribution in [0, 0.1) is 6.92 Å². The van der Waals surface area contributed by atoms with E-state index < -0.39 is 0 Å². The summed E-state index contributed by atoms with van der Waals surface area (Å²) < 4.78 is 4.87. The molecular formula is C16H13NO2S. The fourth-order valence-corrected chi connectivity index (χ4v) is 2.91. The van der Waals surface area contributed by atoms with Crippen LogP contribution in [0.3, 0.4) is 0 Å². The molecule has 100 valence electrons. The number of fused-ring (bicyclic) bond motifs is 1. The van der Waals surface area contributed by atoms with Crippen molar-refractivity contribution in [2.45, 2.75) is 6.92 Å². The Morgan fingerprint density at radius 2 is 1.90 bits per heavy atom. The molecule has 2 aliphatic carbocycles. The average Bonchev–Trinajstić information content (AvgIpc) is 2.94. The van der Waals surface area contributed by atoms with Crippen LogP contribution in [0.4, 0.5) is 0 Å². The minimum Gasteiger partial charge on any atom is -0.465 e. The Labute approximate surface area is 121 Å². The van der Waals surface area contributed by atoms with E-state index in [-0.39, 0.29) is 5.97 Å². The SMILES string of the molecule is COC(=O)c1cc(-c2csc(C)n2)c2cccccc1-2. The Morgan fingerprint density at radius 1 is 1.15 bits per heavy atom. The number of ether oxygens (including phenoxy) is 1. The molecule has 0 aliphatic heterocycles. The summed E-state index contributed by atoms with van der Waals surface area (Å²) in [5.41, 5.74) is 4.36. The summed E-state index contributed by atoms with van der Waals surface area (Å²) >= 11 is 1.60. The number of carbonyl (C=O) groups is 1. The van der Waals surface area contributed by atoms with Crippen molar-refractivity contribution in [2.75, 3.05) is 7.11 Å². The van der Waals surface area contributed by atoms with Gasteiger partial charge in [-0.05, 0) is 24.1 Å². The lowest BCUT2D eigenvalue weighted by atomic mass is 10.1. The van der Waals surface area contributed by atoms with E-state index in [1.807, 2.05) is 48.7 Å². The molecule has 2 aliphatic rings. The highest BCUT2D eigenvalue weighted by Crippen LogP contribution is 2.38. The Balaban J connectivity index is 2.26. The van der Waals surface area contributed by atoms with Gasteiger partial charge in [-0.25, -0.2) is 9.78 Å². The molecule has 0 unspecified atom stereocenters. The number of hydrogen-bond donors (Lipinski definition) is 0. The summed E-state index contributed by atoms with van der Waals surface area (Å²) in [6, 6.07) is 11.6. The van der Waals surface area contributed by atoms with Crippen LogP contribution in [0.15, 0.2) is 41.8 Å². The molecule has 1 aromatic heterocycles. The van der Waals surface area contributed by atoms with Gasteiger partial charge in [0.25, 0.3) is 0 Å². The summed E-state index contributed by atoms with van der Waals surface area (Å²) in [4.78, 5) is 16.5. The zero-order valence-electron chi connectivity index (χ0n) is 11.2. The first-order valence-electron chi connectivity index (χ1n) is 6.23. The lowest BCUT2D eigenvalue weighted by Gasteiger charge is -1.99. The van der Waals surface area contributed by atoms with Gasteiger partial charge >= 0.3 is 5.97 Å². The summed E-state index contributed by atoms with van der Waals surface area (Å²) in [5, 5.41) is 3.02. The van der Waals surface area contributed by atoms with Crippen molar-refractivity contribution >= 4 is 17.3 Å². The Morgan fingerprint density at radius 3 is 2.55 bits per heavy atom. The van der Waals surface area contributed by atoms with Crippen molar-refractivity contribution < 1.29 is 9.53 Å². The molecule has 0 amide bonds. The van der Waals surface area contributed by atoms with Crippen LogP contribution in [0.2, 0.25) is 0 Å². The topological polar surface area (TPSA) is 39.2 Å². The van der Waals surface area contributed by atoms with Crippen LogP contribution in [0.25, 0.3) is 22.4 Å². The minimum atomic E-state index is -0.320. The number of methoxy groups -OCH3 is 1. The predicted molar refractivity (Wildman–Crippen MR) is 80.2 cm³/mol. The fourth-order valence-electron chi connectivity index (χ4n) is 2.29. The smallest absolute Gasteiger partial charge is 0.338 e. The Bertz CT molecular complexity index is 748. The third kappa shape index (κ3) is 2.08. The van der Waals surface area contributed by atoms with Crippen molar-refractivity contribution in [2.24, 2.45) is 0 Å². The summed E-state index contributed by atoms with van der Waals surface area (Å²) in [5.74, 6) is -0.320. The van der Waals surface area contributed by atoms with Gasteiger partial charge in [-0.1, -0.05) is 30.3 Å². The highest BCUT2D eigenvalue weighted by atomic mass is 32.1. The number of hydrogen-bond acceptors (Lipinski definition) is 4. The van der Waals surface area contributed by atoms with Crippen molar-refractivity contribution in [1.29, 1.82) is 0 Å². The second-order valence-corrected chi connectivity index (χ2v) is 5.52. The standard InChI is InChI=1S/C16H13NO2S/c1-10-17-15(9-20-10)13-8-14(16(18)19-2)12-7-5-3-4-6-11(12)13/h3-9H,1-2H3. The molecular weight excluding hydrogens is 270 g/mol. The maximum absolute atomic E-state index is 11.9. The molecule has 0 atom stereocenters. The summed E-state index contributed by atoms with van der Waals surface area (Å²) in [7, 11) is 1.40. The van der Waals surface area contributed by atoms with Crippen LogP contribution >= 0.6 is 11.3 Å². The molecule has 0 aromatic carbocycles. The maximum atomic E-state index is 11.9. The van der Waals surface area contributed by atoms with Gasteiger partial charge in [-0.2, -0.15) is 0 Å². The molecule has 0 bridgehead atoms. The molecule has 0 radical (unpaired) electrons. The number of aryl methyl sites for hydroxylation is 1. The van der Waals surface area contributed by atoms with Crippen molar-refractivity contribution in [1.82, 2.24) is 4.98 Å². The maximum Gasteiger partial charge on any atom is 0.338 e. The molecule has 0 saturated carbocycles. The summed E-state index contributed by atoms with van der Waals surface area (Å²) in [6.45, 7) is 1.97. The number of nitrogens with zero attached hydrogens (tertiary/aromatic N) is 1. The van der Waals surface area contributed by atoms with E-state index in [4.69, 9.17) is 4.74 Å². The molecule has 1 aromatic rings. The molecule has 0 fully saturated rings. The van der Waals surface area contributed by atoms with E-state index in [1.54, 1.807) is 11.3 Å². The summed E-state index contributed by atoms with van der Waals surface area (Å²) in [6.07, 6.45) is 0.